The van der Waals surface area contributed by atoms with Gasteiger partial charge in [0.25, 0.3) is 5.69 Å². The maximum Gasteiger partial charge on any atom is 0.269 e. The Labute approximate surface area is 147 Å². The third-order valence-electron chi connectivity index (χ3n) is 6.68. The van der Waals surface area contributed by atoms with Crippen molar-refractivity contribution in [3.05, 3.63) is 69.3 Å². The topological polar surface area (TPSA) is 55.2 Å². The highest BCUT2D eigenvalue weighted by Crippen LogP contribution is 2.63. The maximum absolute atomic E-state index is 11.2. The summed E-state index contributed by atoms with van der Waals surface area (Å²) in [4.78, 5) is 11.0. The fraction of sp³-hybridized carbons (Fsp3) is 0.429. The van der Waals surface area contributed by atoms with Crippen LogP contribution in [0.2, 0.25) is 0 Å². The number of aryl methyl sites for hydroxylation is 1. The molecule has 1 heterocycles. The zero-order chi connectivity index (χ0) is 17.1. The van der Waals surface area contributed by atoms with Crippen molar-refractivity contribution in [2.45, 2.75) is 38.1 Å². The molecule has 128 valence electrons. The molecular weight excluding hydrogens is 312 g/mol. The highest BCUT2D eigenvalue weighted by Gasteiger charge is 2.54. The van der Waals surface area contributed by atoms with Crippen LogP contribution >= 0.6 is 0 Å². The van der Waals surface area contributed by atoms with Crippen molar-refractivity contribution >= 4 is 11.4 Å². The number of hydrogen-bond donors (Lipinski definition) is 1. The Kier molecular flexibility index (Phi) is 3.18. The molecule has 4 heteroatoms. The number of non-ortho nitro benzene ring substituents is 1. The highest BCUT2D eigenvalue weighted by molar-refractivity contribution is 5.62. The third-order valence-corrected chi connectivity index (χ3v) is 6.68. The Balaban J connectivity index is 1.64. The number of nitrogens with one attached hydrogen (secondary N) is 1. The molecule has 2 fully saturated rings. The standard InChI is InChI=1S/C21H22N2O2/c1-12-3-2-4-15(9-12)21-20-14-6-5-13(10-14)19(20)17-11-16(23(24)25)7-8-18(17)22-21/h2-4,7-9,11,13-14,19-22H,5-6,10H2,1H3/t13-,14+,19+,20+,21+/m1/s1. The molecule has 1 N–H and O–H groups in total. The predicted molar refractivity (Wildman–Crippen MR) is 97.7 cm³/mol. The second-order valence-electron chi connectivity index (χ2n) is 8.00. The van der Waals surface area contributed by atoms with Crippen LogP contribution in [-0.4, -0.2) is 4.92 Å². The molecule has 2 bridgehead atoms. The van der Waals surface area contributed by atoms with Crippen molar-refractivity contribution in [3.63, 3.8) is 0 Å². The number of benzene rings is 2. The number of nitro groups is 1. The summed E-state index contributed by atoms with van der Waals surface area (Å²) in [6, 6.07) is 14.5. The fourth-order valence-electron chi connectivity index (χ4n) is 5.78. The van der Waals surface area contributed by atoms with Crippen LogP contribution in [0.15, 0.2) is 42.5 Å². The van der Waals surface area contributed by atoms with Gasteiger partial charge in [0.2, 0.25) is 0 Å². The molecule has 4 nitrogen and oxygen atoms in total. The summed E-state index contributed by atoms with van der Waals surface area (Å²) < 4.78 is 0. The number of anilines is 1. The zero-order valence-corrected chi connectivity index (χ0v) is 14.3. The minimum absolute atomic E-state index is 0.219. The van der Waals surface area contributed by atoms with Gasteiger partial charge in [0.1, 0.15) is 0 Å². The van der Waals surface area contributed by atoms with Gasteiger partial charge in [-0.2, -0.15) is 0 Å². The van der Waals surface area contributed by atoms with Crippen LogP contribution < -0.4 is 5.32 Å². The molecule has 0 radical (unpaired) electrons. The van der Waals surface area contributed by atoms with E-state index in [-0.39, 0.29) is 10.6 Å². The van der Waals surface area contributed by atoms with Crippen LogP contribution in [0.1, 0.15) is 47.9 Å². The molecule has 0 aromatic heterocycles. The van der Waals surface area contributed by atoms with Crippen LogP contribution in [0.5, 0.6) is 0 Å². The van der Waals surface area contributed by atoms with Crippen LogP contribution in [0, 0.1) is 34.8 Å². The minimum atomic E-state index is -0.269. The maximum atomic E-state index is 11.2. The van der Waals surface area contributed by atoms with E-state index in [0.29, 0.717) is 23.8 Å². The summed E-state index contributed by atoms with van der Waals surface area (Å²) in [5.74, 6) is 2.43. The van der Waals surface area contributed by atoms with Crippen molar-refractivity contribution in [1.29, 1.82) is 0 Å². The summed E-state index contributed by atoms with van der Waals surface area (Å²) in [6.07, 6.45) is 3.86. The van der Waals surface area contributed by atoms with Gasteiger partial charge >= 0.3 is 0 Å². The Bertz CT molecular complexity index is 863. The van der Waals surface area contributed by atoms with E-state index < -0.39 is 0 Å². The lowest BCUT2D eigenvalue weighted by molar-refractivity contribution is -0.384. The summed E-state index contributed by atoms with van der Waals surface area (Å²) in [5, 5.41) is 15.0. The normalized spacial score (nSPS) is 32.0. The molecule has 0 saturated heterocycles. The van der Waals surface area contributed by atoms with E-state index >= 15 is 0 Å². The van der Waals surface area contributed by atoms with Crippen molar-refractivity contribution in [2.24, 2.45) is 17.8 Å². The monoisotopic (exact) mass is 334 g/mol. The molecule has 5 atom stereocenters. The van der Waals surface area contributed by atoms with E-state index in [1.165, 1.54) is 36.0 Å². The smallest absolute Gasteiger partial charge is 0.269 e. The lowest BCUT2D eigenvalue weighted by Crippen LogP contribution is -2.35. The molecule has 2 aromatic carbocycles. The van der Waals surface area contributed by atoms with E-state index in [1.807, 2.05) is 12.1 Å². The lowest BCUT2D eigenvalue weighted by atomic mass is 9.68. The molecule has 3 aliphatic rings. The average Bonchev–Trinajstić information content (AvgIpc) is 3.22. The van der Waals surface area contributed by atoms with Gasteiger partial charge in [0.15, 0.2) is 0 Å². The van der Waals surface area contributed by atoms with Gasteiger partial charge in [0.05, 0.1) is 11.0 Å². The van der Waals surface area contributed by atoms with Crippen LogP contribution in [0.4, 0.5) is 11.4 Å². The molecular formula is C21H22N2O2. The highest BCUT2D eigenvalue weighted by atomic mass is 16.6. The summed E-state index contributed by atoms with van der Waals surface area (Å²) >= 11 is 0. The Hall–Kier alpha value is -2.36. The van der Waals surface area contributed by atoms with Crippen molar-refractivity contribution in [3.8, 4) is 0 Å². The average molecular weight is 334 g/mol. The number of nitrogens with zero attached hydrogens (tertiary/aromatic N) is 1. The first-order valence-corrected chi connectivity index (χ1v) is 9.23. The van der Waals surface area contributed by atoms with Gasteiger partial charge in [-0.25, -0.2) is 0 Å². The molecule has 2 saturated carbocycles. The van der Waals surface area contributed by atoms with Gasteiger partial charge < -0.3 is 5.32 Å². The SMILES string of the molecule is Cc1cccc([C@@H]2Nc3ccc([N+](=O)[O-])cc3[C@@H]3[C@@H]4CC[C@@H](C4)[C@@H]32)c1. The minimum Gasteiger partial charge on any atom is -0.378 e. The summed E-state index contributed by atoms with van der Waals surface area (Å²) in [6.45, 7) is 2.14. The first-order chi connectivity index (χ1) is 12.1. The largest absolute Gasteiger partial charge is 0.378 e. The van der Waals surface area contributed by atoms with Gasteiger partial charge in [-0.05, 0) is 67.1 Å². The Morgan fingerprint density at radius 1 is 1.12 bits per heavy atom. The van der Waals surface area contributed by atoms with E-state index in [9.17, 15) is 10.1 Å². The molecule has 2 aromatic rings. The summed E-state index contributed by atoms with van der Waals surface area (Å²) in [5.41, 5.74) is 5.12. The van der Waals surface area contributed by atoms with Crippen LogP contribution in [0.3, 0.4) is 0 Å². The molecule has 0 unspecified atom stereocenters. The van der Waals surface area contributed by atoms with Crippen molar-refractivity contribution in [1.82, 2.24) is 0 Å². The fourth-order valence-corrected chi connectivity index (χ4v) is 5.78. The van der Waals surface area contributed by atoms with E-state index in [0.717, 1.165) is 11.6 Å². The van der Waals surface area contributed by atoms with E-state index in [2.05, 4.69) is 36.5 Å². The quantitative estimate of drug-likeness (QED) is 0.606. The molecule has 0 amide bonds. The summed E-state index contributed by atoms with van der Waals surface area (Å²) in [7, 11) is 0. The van der Waals surface area contributed by atoms with E-state index in [4.69, 9.17) is 0 Å². The van der Waals surface area contributed by atoms with Gasteiger partial charge in [-0.1, -0.05) is 29.8 Å². The van der Waals surface area contributed by atoms with Gasteiger partial charge in [0, 0.05) is 17.8 Å². The van der Waals surface area contributed by atoms with Crippen LogP contribution in [-0.2, 0) is 0 Å². The third kappa shape index (κ3) is 2.20. The van der Waals surface area contributed by atoms with Crippen molar-refractivity contribution < 1.29 is 4.92 Å². The number of fused-ring (bicyclic) bond motifs is 7. The van der Waals surface area contributed by atoms with Crippen molar-refractivity contribution in [2.75, 3.05) is 5.32 Å². The molecule has 25 heavy (non-hydrogen) atoms. The van der Waals surface area contributed by atoms with E-state index in [1.54, 1.807) is 6.07 Å². The second kappa shape index (κ2) is 5.32. The molecule has 0 spiro atoms. The Morgan fingerprint density at radius 2 is 1.96 bits per heavy atom. The van der Waals surface area contributed by atoms with Gasteiger partial charge in [-0.3, -0.25) is 10.1 Å². The zero-order valence-electron chi connectivity index (χ0n) is 14.3. The molecule has 2 aliphatic carbocycles. The lowest BCUT2D eigenvalue weighted by Gasteiger charge is -2.43. The molecule has 1 aliphatic heterocycles. The second-order valence-corrected chi connectivity index (χ2v) is 8.00. The first-order valence-electron chi connectivity index (χ1n) is 9.23. The van der Waals surface area contributed by atoms with Crippen LogP contribution in [0.25, 0.3) is 0 Å². The Morgan fingerprint density at radius 3 is 2.76 bits per heavy atom. The number of hydrogen-bond acceptors (Lipinski definition) is 3. The first kappa shape index (κ1) is 14.9. The number of rotatable bonds is 2. The number of nitro benzene ring substituents is 1. The predicted octanol–water partition coefficient (Wildman–Crippen LogP) is 5.20. The molecule has 5 rings (SSSR count). The van der Waals surface area contributed by atoms with Gasteiger partial charge in [-0.15, -0.1) is 0 Å².